The topological polar surface area (TPSA) is 119 Å². The molecule has 10 heteroatoms. The van der Waals surface area contributed by atoms with Gasteiger partial charge in [0.25, 0.3) is 5.91 Å². The van der Waals surface area contributed by atoms with Crippen LogP contribution in [-0.2, 0) is 16.0 Å². The van der Waals surface area contributed by atoms with Crippen LogP contribution in [0.3, 0.4) is 0 Å². The Bertz CT molecular complexity index is 1030. The largest absolute Gasteiger partial charge is 0.475 e. The quantitative estimate of drug-likeness (QED) is 0.393. The Morgan fingerprint density at radius 3 is 2.43 bits per heavy atom. The van der Waals surface area contributed by atoms with Gasteiger partial charge in [0.1, 0.15) is 12.1 Å². The predicted octanol–water partition coefficient (Wildman–Crippen LogP) is 1.82. The van der Waals surface area contributed by atoms with Crippen LogP contribution in [0, 0.1) is 5.92 Å². The SMILES string of the molecule is CC(C)[C@H](NC(=O)[C@@H]1CCCN1C(=O)[C@H](Cc1ccccc1)NC(=O)c1cccc(Cl)c1)B(O)O. The van der Waals surface area contributed by atoms with Crippen molar-refractivity contribution in [2.45, 2.75) is 51.1 Å². The molecular formula is C25H31BClN3O5. The summed E-state index contributed by atoms with van der Waals surface area (Å²) in [4.78, 5) is 41.1. The average molecular weight is 500 g/mol. The summed E-state index contributed by atoms with van der Waals surface area (Å²) in [5, 5.41) is 25.2. The molecule has 0 spiro atoms. The molecule has 0 bridgehead atoms. The molecule has 186 valence electrons. The first-order valence-corrected chi connectivity index (χ1v) is 12.1. The van der Waals surface area contributed by atoms with Crippen LogP contribution in [0.5, 0.6) is 0 Å². The standard InChI is InChI=1S/C25H31BClN3O5/c1-16(2)22(26(34)35)29-24(32)21-12-7-13-30(21)25(33)20(14-17-8-4-3-5-9-17)28-23(31)18-10-6-11-19(27)15-18/h3-6,8-11,15-16,20-22,34-35H,7,12-14H2,1-2H3,(H,28,31)(H,29,32)/t20-,21-,22-/m0/s1. The second kappa shape index (κ2) is 12.2. The number of nitrogens with zero attached hydrogens (tertiary/aromatic N) is 1. The second-order valence-electron chi connectivity index (χ2n) is 9.11. The molecule has 0 saturated carbocycles. The number of nitrogens with one attached hydrogen (secondary N) is 2. The maximum absolute atomic E-state index is 13.7. The molecular weight excluding hydrogens is 469 g/mol. The van der Waals surface area contributed by atoms with Crippen LogP contribution in [0.2, 0.25) is 5.02 Å². The molecule has 2 aromatic carbocycles. The Balaban J connectivity index is 1.81. The minimum absolute atomic E-state index is 0.215. The Morgan fingerprint density at radius 2 is 1.80 bits per heavy atom. The van der Waals surface area contributed by atoms with Gasteiger partial charge < -0.3 is 25.6 Å². The Labute approximate surface area is 210 Å². The zero-order valence-corrected chi connectivity index (χ0v) is 20.6. The molecule has 0 aliphatic carbocycles. The third-order valence-electron chi connectivity index (χ3n) is 6.16. The van der Waals surface area contributed by atoms with Gasteiger partial charge in [0.2, 0.25) is 11.8 Å². The average Bonchev–Trinajstić information content (AvgIpc) is 3.32. The molecule has 0 unspecified atom stereocenters. The Hall–Kier alpha value is -2.88. The molecule has 0 radical (unpaired) electrons. The van der Waals surface area contributed by atoms with E-state index < -0.39 is 37.0 Å². The number of carbonyl (C=O) groups is 3. The third kappa shape index (κ3) is 7.07. The van der Waals surface area contributed by atoms with E-state index in [-0.39, 0.29) is 18.2 Å². The van der Waals surface area contributed by atoms with Crippen LogP contribution in [0.1, 0.15) is 42.6 Å². The second-order valence-corrected chi connectivity index (χ2v) is 9.54. The zero-order chi connectivity index (χ0) is 25.5. The lowest BCUT2D eigenvalue weighted by Gasteiger charge is -2.30. The molecule has 3 amide bonds. The summed E-state index contributed by atoms with van der Waals surface area (Å²) >= 11 is 6.03. The lowest BCUT2D eigenvalue weighted by Crippen LogP contribution is -2.57. The summed E-state index contributed by atoms with van der Waals surface area (Å²) in [6.45, 7) is 3.90. The fourth-order valence-corrected chi connectivity index (χ4v) is 4.46. The van der Waals surface area contributed by atoms with E-state index in [0.717, 1.165) is 5.56 Å². The lowest BCUT2D eigenvalue weighted by atomic mass is 9.73. The van der Waals surface area contributed by atoms with Gasteiger partial charge in [-0.25, -0.2) is 0 Å². The summed E-state index contributed by atoms with van der Waals surface area (Å²) in [6.07, 6.45) is 1.32. The number of amides is 3. The lowest BCUT2D eigenvalue weighted by molar-refractivity contribution is -0.140. The van der Waals surface area contributed by atoms with Crippen LogP contribution in [0.15, 0.2) is 54.6 Å². The van der Waals surface area contributed by atoms with Gasteiger partial charge in [-0.1, -0.05) is 61.8 Å². The molecule has 1 aliphatic rings. The maximum atomic E-state index is 13.7. The number of benzene rings is 2. The van der Waals surface area contributed by atoms with Crippen LogP contribution in [0.25, 0.3) is 0 Å². The van der Waals surface area contributed by atoms with Crippen molar-refractivity contribution in [1.82, 2.24) is 15.5 Å². The van der Waals surface area contributed by atoms with Crippen LogP contribution >= 0.6 is 11.6 Å². The number of hydrogen-bond acceptors (Lipinski definition) is 5. The first-order valence-electron chi connectivity index (χ1n) is 11.7. The zero-order valence-electron chi connectivity index (χ0n) is 19.9. The summed E-state index contributed by atoms with van der Waals surface area (Å²) in [6, 6.07) is 14.1. The summed E-state index contributed by atoms with van der Waals surface area (Å²) in [5.74, 6) is -2.32. The van der Waals surface area contributed by atoms with Crippen LogP contribution in [-0.4, -0.2) is 64.4 Å². The van der Waals surface area contributed by atoms with Gasteiger partial charge >= 0.3 is 7.12 Å². The molecule has 8 nitrogen and oxygen atoms in total. The summed E-state index contributed by atoms with van der Waals surface area (Å²) in [5.41, 5.74) is 1.19. The molecule has 35 heavy (non-hydrogen) atoms. The molecule has 3 rings (SSSR count). The van der Waals surface area contributed by atoms with Crippen LogP contribution < -0.4 is 10.6 Å². The van der Waals surface area contributed by atoms with Crippen molar-refractivity contribution in [1.29, 1.82) is 0 Å². The normalized spacial score (nSPS) is 17.1. The van der Waals surface area contributed by atoms with E-state index in [9.17, 15) is 24.4 Å². The first kappa shape index (κ1) is 26.7. The maximum Gasteiger partial charge on any atom is 0.475 e. The van der Waals surface area contributed by atoms with Gasteiger partial charge in [0, 0.05) is 23.6 Å². The van der Waals surface area contributed by atoms with Gasteiger partial charge in [-0.15, -0.1) is 0 Å². The van der Waals surface area contributed by atoms with E-state index >= 15 is 0 Å². The van der Waals surface area contributed by atoms with E-state index in [4.69, 9.17) is 11.6 Å². The van der Waals surface area contributed by atoms with Gasteiger partial charge in [0.05, 0.1) is 5.94 Å². The number of rotatable bonds is 9. The minimum Gasteiger partial charge on any atom is -0.426 e. The van der Waals surface area contributed by atoms with Crippen molar-refractivity contribution in [2.75, 3.05) is 6.54 Å². The summed E-state index contributed by atoms with van der Waals surface area (Å²) in [7, 11) is -1.72. The van der Waals surface area contributed by atoms with Crippen molar-refractivity contribution >= 4 is 36.4 Å². The highest BCUT2D eigenvalue weighted by Crippen LogP contribution is 2.21. The van der Waals surface area contributed by atoms with Gasteiger partial charge in [-0.3, -0.25) is 14.4 Å². The molecule has 2 aromatic rings. The fourth-order valence-electron chi connectivity index (χ4n) is 4.27. The minimum atomic E-state index is -1.72. The molecule has 1 fully saturated rings. The van der Waals surface area contributed by atoms with Crippen LogP contribution in [0.4, 0.5) is 0 Å². The van der Waals surface area contributed by atoms with Crippen molar-refractivity contribution < 1.29 is 24.4 Å². The van der Waals surface area contributed by atoms with E-state index in [2.05, 4.69) is 10.6 Å². The predicted molar refractivity (Wildman–Crippen MR) is 135 cm³/mol. The summed E-state index contributed by atoms with van der Waals surface area (Å²) < 4.78 is 0. The van der Waals surface area contributed by atoms with Gasteiger partial charge in [-0.05, 0) is 42.5 Å². The highest BCUT2D eigenvalue weighted by atomic mass is 35.5. The molecule has 1 saturated heterocycles. The van der Waals surface area contributed by atoms with E-state index in [1.54, 1.807) is 32.0 Å². The Morgan fingerprint density at radius 1 is 1.09 bits per heavy atom. The van der Waals surface area contributed by atoms with Gasteiger partial charge in [0.15, 0.2) is 0 Å². The monoisotopic (exact) mass is 499 g/mol. The first-order chi connectivity index (χ1) is 16.7. The molecule has 4 N–H and O–H groups in total. The van der Waals surface area contributed by atoms with Gasteiger partial charge in [-0.2, -0.15) is 0 Å². The van der Waals surface area contributed by atoms with Crippen molar-refractivity contribution in [3.8, 4) is 0 Å². The molecule has 1 heterocycles. The third-order valence-corrected chi connectivity index (χ3v) is 6.39. The molecule has 0 aromatic heterocycles. The highest BCUT2D eigenvalue weighted by molar-refractivity contribution is 6.43. The fraction of sp³-hybridized carbons (Fsp3) is 0.400. The van der Waals surface area contributed by atoms with E-state index in [0.29, 0.717) is 30.0 Å². The molecule has 1 aliphatic heterocycles. The smallest absolute Gasteiger partial charge is 0.426 e. The van der Waals surface area contributed by atoms with Crippen molar-refractivity contribution in [3.05, 3.63) is 70.7 Å². The molecule has 3 atom stereocenters. The van der Waals surface area contributed by atoms with Crippen molar-refractivity contribution in [2.24, 2.45) is 5.92 Å². The number of likely N-dealkylation sites (tertiary alicyclic amines) is 1. The van der Waals surface area contributed by atoms with E-state index in [1.165, 1.54) is 11.0 Å². The van der Waals surface area contributed by atoms with E-state index in [1.807, 2.05) is 30.3 Å². The number of carbonyl (C=O) groups excluding carboxylic acids is 3. The van der Waals surface area contributed by atoms with Crippen molar-refractivity contribution in [3.63, 3.8) is 0 Å². The number of hydrogen-bond donors (Lipinski definition) is 4. The highest BCUT2D eigenvalue weighted by Gasteiger charge is 2.39. The Kier molecular flexibility index (Phi) is 9.31. The number of halogens is 1.